The summed E-state index contributed by atoms with van der Waals surface area (Å²) in [5, 5.41) is 0. The fourth-order valence-corrected chi connectivity index (χ4v) is 4.28. The van der Waals surface area contributed by atoms with E-state index in [0.29, 0.717) is 17.8 Å². The van der Waals surface area contributed by atoms with E-state index in [-0.39, 0.29) is 0 Å². The number of anilines is 1. The lowest BCUT2D eigenvalue weighted by Crippen LogP contribution is -2.40. The Balaban J connectivity index is 1.51. The number of amides is 1. The highest BCUT2D eigenvalue weighted by molar-refractivity contribution is 5.48. The predicted octanol–water partition coefficient (Wildman–Crippen LogP) is 3.49. The van der Waals surface area contributed by atoms with Gasteiger partial charge in [0.25, 0.3) is 0 Å². The molecular formula is C20H31N3O2. The number of pyridine rings is 1. The van der Waals surface area contributed by atoms with Crippen molar-refractivity contribution in [1.29, 1.82) is 0 Å². The van der Waals surface area contributed by atoms with Crippen molar-refractivity contribution in [2.75, 3.05) is 31.6 Å². The summed E-state index contributed by atoms with van der Waals surface area (Å²) < 4.78 is 5.14. The molecule has 138 valence electrons. The minimum absolute atomic E-state index is 0.483. The maximum Gasteiger partial charge on any atom is 0.213 e. The van der Waals surface area contributed by atoms with Gasteiger partial charge in [-0.1, -0.05) is 19.3 Å². The molecule has 5 nitrogen and oxygen atoms in total. The number of piperidine rings is 1. The second-order valence-corrected chi connectivity index (χ2v) is 7.44. The van der Waals surface area contributed by atoms with Gasteiger partial charge in [-0.05, 0) is 44.1 Å². The average Bonchev–Trinajstić information content (AvgIpc) is 2.69. The van der Waals surface area contributed by atoms with Crippen LogP contribution in [-0.4, -0.2) is 49.1 Å². The normalized spacial score (nSPS) is 21.8. The van der Waals surface area contributed by atoms with E-state index < -0.39 is 0 Å². The minimum Gasteiger partial charge on any atom is -0.481 e. The van der Waals surface area contributed by atoms with Crippen molar-refractivity contribution in [2.24, 2.45) is 5.92 Å². The zero-order valence-corrected chi connectivity index (χ0v) is 15.4. The SMILES string of the molecule is COc1ccc(N2CCCC(CCN(C=O)C3CCCCC3)C2)cn1. The molecular weight excluding hydrogens is 314 g/mol. The second kappa shape index (κ2) is 9.07. The van der Waals surface area contributed by atoms with E-state index >= 15 is 0 Å². The van der Waals surface area contributed by atoms with Gasteiger partial charge in [0.1, 0.15) is 0 Å². The number of rotatable bonds is 7. The number of carbonyl (C=O) groups excluding carboxylic acids is 1. The summed E-state index contributed by atoms with van der Waals surface area (Å²) in [6.45, 7) is 3.06. The highest BCUT2D eigenvalue weighted by atomic mass is 16.5. The third-order valence-electron chi connectivity index (χ3n) is 5.79. The smallest absolute Gasteiger partial charge is 0.213 e. The quantitative estimate of drug-likeness (QED) is 0.710. The molecule has 1 aliphatic carbocycles. The molecule has 0 bridgehead atoms. The number of carbonyl (C=O) groups is 1. The summed E-state index contributed by atoms with van der Waals surface area (Å²) in [4.78, 5) is 20.3. The number of nitrogens with zero attached hydrogens (tertiary/aromatic N) is 3. The first-order valence-corrected chi connectivity index (χ1v) is 9.76. The van der Waals surface area contributed by atoms with Crippen LogP contribution >= 0.6 is 0 Å². The van der Waals surface area contributed by atoms with Crippen LogP contribution in [-0.2, 0) is 4.79 Å². The van der Waals surface area contributed by atoms with E-state index in [0.717, 1.165) is 32.5 Å². The van der Waals surface area contributed by atoms with E-state index in [1.165, 1.54) is 50.6 Å². The molecule has 1 atom stereocenters. The maximum atomic E-state index is 11.5. The summed E-state index contributed by atoms with van der Waals surface area (Å²) in [5.41, 5.74) is 1.17. The molecule has 2 aliphatic rings. The molecule has 1 aromatic rings. The van der Waals surface area contributed by atoms with E-state index in [9.17, 15) is 4.79 Å². The molecule has 0 radical (unpaired) electrons. The van der Waals surface area contributed by atoms with Crippen molar-refractivity contribution < 1.29 is 9.53 Å². The summed E-state index contributed by atoms with van der Waals surface area (Å²) in [7, 11) is 1.64. The Bertz CT molecular complexity index is 528. The number of methoxy groups -OCH3 is 1. The monoisotopic (exact) mass is 345 g/mol. The van der Waals surface area contributed by atoms with Crippen LogP contribution in [0.5, 0.6) is 5.88 Å². The molecule has 0 aromatic carbocycles. The van der Waals surface area contributed by atoms with Gasteiger partial charge in [0.2, 0.25) is 12.3 Å². The highest BCUT2D eigenvalue weighted by Crippen LogP contribution is 2.27. The van der Waals surface area contributed by atoms with Crippen LogP contribution in [0.25, 0.3) is 0 Å². The van der Waals surface area contributed by atoms with Crippen LogP contribution in [0.1, 0.15) is 51.4 Å². The predicted molar refractivity (Wildman–Crippen MR) is 100.0 cm³/mol. The summed E-state index contributed by atoms with van der Waals surface area (Å²) in [6, 6.07) is 4.50. The first-order valence-electron chi connectivity index (χ1n) is 9.76. The molecule has 1 aliphatic heterocycles. The largest absolute Gasteiger partial charge is 0.481 e. The Morgan fingerprint density at radius 3 is 2.76 bits per heavy atom. The number of hydrogen-bond donors (Lipinski definition) is 0. The van der Waals surface area contributed by atoms with Gasteiger partial charge in [0.15, 0.2) is 0 Å². The van der Waals surface area contributed by atoms with Crippen LogP contribution in [0.15, 0.2) is 18.3 Å². The maximum absolute atomic E-state index is 11.5. The third kappa shape index (κ3) is 4.86. The average molecular weight is 345 g/mol. The highest BCUT2D eigenvalue weighted by Gasteiger charge is 2.24. The van der Waals surface area contributed by atoms with Crippen molar-refractivity contribution in [3.8, 4) is 5.88 Å². The molecule has 1 saturated carbocycles. The molecule has 0 N–H and O–H groups in total. The van der Waals surface area contributed by atoms with Crippen LogP contribution in [0.4, 0.5) is 5.69 Å². The van der Waals surface area contributed by atoms with Crippen LogP contribution in [0, 0.1) is 5.92 Å². The van der Waals surface area contributed by atoms with Crippen molar-refractivity contribution in [2.45, 2.75) is 57.4 Å². The fraction of sp³-hybridized carbons (Fsp3) is 0.700. The first kappa shape index (κ1) is 18.0. The van der Waals surface area contributed by atoms with Gasteiger partial charge >= 0.3 is 0 Å². The van der Waals surface area contributed by atoms with E-state index in [4.69, 9.17) is 4.74 Å². The van der Waals surface area contributed by atoms with E-state index in [1.54, 1.807) is 7.11 Å². The molecule has 0 spiro atoms. The Kier molecular flexibility index (Phi) is 6.54. The lowest BCUT2D eigenvalue weighted by Gasteiger charge is -2.36. The third-order valence-corrected chi connectivity index (χ3v) is 5.79. The number of hydrogen-bond acceptors (Lipinski definition) is 4. The van der Waals surface area contributed by atoms with Crippen molar-refractivity contribution >= 4 is 12.1 Å². The second-order valence-electron chi connectivity index (χ2n) is 7.44. The van der Waals surface area contributed by atoms with Gasteiger partial charge in [-0.2, -0.15) is 0 Å². The van der Waals surface area contributed by atoms with Crippen LogP contribution < -0.4 is 9.64 Å². The molecule has 1 unspecified atom stereocenters. The molecule has 3 rings (SSSR count). The Morgan fingerprint density at radius 1 is 1.24 bits per heavy atom. The molecule has 2 heterocycles. The van der Waals surface area contributed by atoms with Gasteiger partial charge in [0, 0.05) is 31.7 Å². The zero-order valence-electron chi connectivity index (χ0n) is 15.4. The van der Waals surface area contributed by atoms with Crippen molar-refractivity contribution in [3.63, 3.8) is 0 Å². The van der Waals surface area contributed by atoms with Gasteiger partial charge < -0.3 is 14.5 Å². The number of aromatic nitrogens is 1. The van der Waals surface area contributed by atoms with Gasteiger partial charge in [-0.3, -0.25) is 4.79 Å². The minimum atomic E-state index is 0.483. The lowest BCUT2D eigenvalue weighted by atomic mass is 9.92. The zero-order chi connectivity index (χ0) is 17.5. The fourth-order valence-electron chi connectivity index (χ4n) is 4.28. The van der Waals surface area contributed by atoms with Crippen LogP contribution in [0.2, 0.25) is 0 Å². The molecule has 1 aromatic heterocycles. The number of ether oxygens (including phenoxy) is 1. The summed E-state index contributed by atoms with van der Waals surface area (Å²) >= 11 is 0. The van der Waals surface area contributed by atoms with Gasteiger partial charge in [-0.15, -0.1) is 0 Å². The van der Waals surface area contributed by atoms with E-state index in [2.05, 4.69) is 20.9 Å². The van der Waals surface area contributed by atoms with Gasteiger partial charge in [0.05, 0.1) is 19.0 Å². The summed E-state index contributed by atoms with van der Waals surface area (Å²) in [6.07, 6.45) is 12.8. The topological polar surface area (TPSA) is 45.7 Å². The molecule has 1 amide bonds. The van der Waals surface area contributed by atoms with E-state index in [1.807, 2.05) is 12.3 Å². The molecule has 2 fully saturated rings. The van der Waals surface area contributed by atoms with Gasteiger partial charge in [-0.25, -0.2) is 4.98 Å². The Hall–Kier alpha value is -1.78. The summed E-state index contributed by atoms with van der Waals surface area (Å²) in [5.74, 6) is 1.31. The molecule has 25 heavy (non-hydrogen) atoms. The van der Waals surface area contributed by atoms with Crippen molar-refractivity contribution in [1.82, 2.24) is 9.88 Å². The first-order chi connectivity index (χ1) is 12.3. The molecule has 5 heteroatoms. The van der Waals surface area contributed by atoms with Crippen LogP contribution in [0.3, 0.4) is 0 Å². The lowest BCUT2D eigenvalue weighted by molar-refractivity contribution is -0.121. The molecule has 1 saturated heterocycles. The van der Waals surface area contributed by atoms with Crippen molar-refractivity contribution in [3.05, 3.63) is 18.3 Å². The Labute approximate surface area is 151 Å². The standard InChI is InChI=1S/C20H31N3O2/c1-25-20-10-9-19(14-21-20)22-12-5-6-17(15-22)11-13-23(16-24)18-7-3-2-4-8-18/h9-10,14,16-18H,2-8,11-13,15H2,1H3. The Morgan fingerprint density at radius 2 is 2.08 bits per heavy atom.